The molecule has 6 nitrogen and oxygen atoms in total. The van der Waals surface area contributed by atoms with Gasteiger partial charge in [-0.05, 0) is 36.0 Å². The van der Waals surface area contributed by atoms with Crippen molar-refractivity contribution >= 4 is 11.6 Å². The summed E-state index contributed by atoms with van der Waals surface area (Å²) < 4.78 is 4.99. The molecule has 2 aliphatic carbocycles. The standard InChI is InChI=1S/C12H12O.C7H12N4O/c13-12-8-4-7-11(9-12)10-5-2-1-3-6-10;1-4-2-5(4)9-3-6-10-11-7(8)12-6/h1-3,5-7,9,13H,4,8H2;4-5,9H,2-3H2,1H3,(H2,8,11)/t;4?,5-/m.0/s1. The fourth-order valence-electron chi connectivity index (χ4n) is 2.68. The van der Waals surface area contributed by atoms with Crippen LogP contribution in [0.25, 0.3) is 5.57 Å². The van der Waals surface area contributed by atoms with Gasteiger partial charge in [0.25, 0.3) is 0 Å². The first-order chi connectivity index (χ1) is 12.1. The van der Waals surface area contributed by atoms with E-state index in [1.165, 1.54) is 12.0 Å². The van der Waals surface area contributed by atoms with Gasteiger partial charge in [-0.25, -0.2) is 0 Å². The van der Waals surface area contributed by atoms with Crippen molar-refractivity contribution in [1.29, 1.82) is 0 Å². The third kappa shape index (κ3) is 5.19. The van der Waals surface area contributed by atoms with E-state index in [0.29, 0.717) is 24.2 Å². The minimum absolute atomic E-state index is 0.135. The van der Waals surface area contributed by atoms with Crippen LogP contribution in [0, 0.1) is 5.92 Å². The number of nitrogens with zero attached hydrogens (tertiary/aromatic N) is 2. The molecule has 0 amide bonds. The quantitative estimate of drug-likeness (QED) is 0.788. The van der Waals surface area contributed by atoms with Gasteiger partial charge in [0.1, 0.15) is 0 Å². The van der Waals surface area contributed by atoms with Gasteiger partial charge in [-0.3, -0.25) is 0 Å². The monoisotopic (exact) mass is 340 g/mol. The molecule has 1 unspecified atom stereocenters. The second-order valence-electron chi connectivity index (χ2n) is 6.43. The lowest BCUT2D eigenvalue weighted by molar-refractivity contribution is 0.388. The highest BCUT2D eigenvalue weighted by atomic mass is 16.4. The van der Waals surface area contributed by atoms with Crippen LogP contribution in [0.1, 0.15) is 37.6 Å². The van der Waals surface area contributed by atoms with Crippen molar-refractivity contribution < 1.29 is 9.52 Å². The first kappa shape index (κ1) is 17.2. The molecule has 0 spiro atoms. The number of allylic oxidation sites excluding steroid dienone is 4. The molecule has 0 aliphatic heterocycles. The van der Waals surface area contributed by atoms with Gasteiger partial charge in [0.05, 0.1) is 12.3 Å². The van der Waals surface area contributed by atoms with Crippen molar-refractivity contribution in [3.05, 3.63) is 59.7 Å². The molecular weight excluding hydrogens is 316 g/mol. The summed E-state index contributed by atoms with van der Waals surface area (Å²) in [6.07, 6.45) is 6.96. The maximum absolute atomic E-state index is 9.36. The van der Waals surface area contributed by atoms with E-state index in [9.17, 15) is 5.11 Å². The van der Waals surface area contributed by atoms with Gasteiger partial charge in [0, 0.05) is 12.5 Å². The molecule has 4 rings (SSSR count). The van der Waals surface area contributed by atoms with Crippen LogP contribution in [0.4, 0.5) is 6.01 Å². The van der Waals surface area contributed by atoms with Gasteiger partial charge in [0.15, 0.2) is 0 Å². The smallest absolute Gasteiger partial charge is 0.312 e. The molecule has 1 fully saturated rings. The molecule has 0 radical (unpaired) electrons. The number of aliphatic hydroxyl groups is 1. The highest BCUT2D eigenvalue weighted by molar-refractivity contribution is 5.75. The zero-order chi connectivity index (χ0) is 17.6. The molecule has 6 heteroatoms. The number of aliphatic hydroxyl groups excluding tert-OH is 1. The largest absolute Gasteiger partial charge is 0.512 e. The molecule has 1 aromatic carbocycles. The molecular formula is C19H24N4O2. The first-order valence-corrected chi connectivity index (χ1v) is 8.58. The topological polar surface area (TPSA) is 97.2 Å². The maximum Gasteiger partial charge on any atom is 0.312 e. The molecule has 2 aromatic rings. The summed E-state index contributed by atoms with van der Waals surface area (Å²) in [4.78, 5) is 0. The number of hydrogen-bond acceptors (Lipinski definition) is 6. The predicted octanol–water partition coefficient (Wildman–Crippen LogP) is 3.46. The third-order valence-electron chi connectivity index (χ3n) is 4.30. The summed E-state index contributed by atoms with van der Waals surface area (Å²) in [6.45, 7) is 2.83. The summed E-state index contributed by atoms with van der Waals surface area (Å²) in [6, 6.07) is 10.9. The van der Waals surface area contributed by atoms with Crippen molar-refractivity contribution in [2.75, 3.05) is 5.73 Å². The fourth-order valence-corrected chi connectivity index (χ4v) is 2.68. The van der Waals surface area contributed by atoms with Gasteiger partial charge in [0.2, 0.25) is 5.89 Å². The van der Waals surface area contributed by atoms with E-state index >= 15 is 0 Å². The number of nitrogens with two attached hydrogens (primary N) is 1. The average Bonchev–Trinajstić information content (AvgIpc) is 3.18. The van der Waals surface area contributed by atoms with E-state index in [1.54, 1.807) is 0 Å². The number of hydrogen-bond donors (Lipinski definition) is 3. The molecule has 1 aromatic heterocycles. The summed E-state index contributed by atoms with van der Waals surface area (Å²) in [7, 11) is 0. The molecule has 25 heavy (non-hydrogen) atoms. The molecule has 1 saturated carbocycles. The van der Waals surface area contributed by atoms with Gasteiger partial charge < -0.3 is 20.6 Å². The minimum Gasteiger partial charge on any atom is -0.512 e. The normalized spacial score (nSPS) is 21.6. The number of nitrogen functional groups attached to an aromatic ring is 1. The zero-order valence-electron chi connectivity index (χ0n) is 14.4. The summed E-state index contributed by atoms with van der Waals surface area (Å²) >= 11 is 0. The molecule has 2 aliphatic rings. The Labute approximate surface area is 147 Å². The number of anilines is 1. The lowest BCUT2D eigenvalue weighted by atomic mass is 9.99. The van der Waals surface area contributed by atoms with Crippen molar-refractivity contribution in [3.63, 3.8) is 0 Å². The SMILES string of the molecule is CC1C[C@@H]1NCc1nnc(N)o1.OC1=CC(c2ccccc2)=CCC1. The molecule has 132 valence electrons. The van der Waals surface area contributed by atoms with E-state index in [0.717, 1.165) is 24.3 Å². The Hall–Kier alpha value is -2.60. The van der Waals surface area contributed by atoms with Crippen LogP contribution in [0.15, 0.2) is 52.7 Å². The van der Waals surface area contributed by atoms with Gasteiger partial charge in [-0.15, -0.1) is 5.10 Å². The Morgan fingerprint density at radius 2 is 2.04 bits per heavy atom. The second kappa shape index (κ2) is 7.98. The van der Waals surface area contributed by atoms with Crippen molar-refractivity contribution in [1.82, 2.24) is 15.5 Å². The van der Waals surface area contributed by atoms with Gasteiger partial charge in [-0.2, -0.15) is 0 Å². The number of nitrogens with one attached hydrogen (secondary N) is 1. The van der Waals surface area contributed by atoms with Gasteiger partial charge in [-0.1, -0.05) is 48.4 Å². The zero-order valence-corrected chi connectivity index (χ0v) is 14.4. The average molecular weight is 340 g/mol. The Bertz CT molecular complexity index is 752. The number of rotatable bonds is 4. The molecule has 0 bridgehead atoms. The van der Waals surface area contributed by atoms with Crippen LogP contribution in [0.5, 0.6) is 0 Å². The molecule has 0 saturated heterocycles. The Kier molecular flexibility index (Phi) is 5.50. The van der Waals surface area contributed by atoms with Crippen LogP contribution in [-0.4, -0.2) is 21.3 Å². The van der Waals surface area contributed by atoms with Crippen LogP contribution in [-0.2, 0) is 6.54 Å². The van der Waals surface area contributed by atoms with Crippen LogP contribution >= 0.6 is 0 Å². The number of aromatic nitrogens is 2. The van der Waals surface area contributed by atoms with Crippen molar-refractivity contribution in [2.24, 2.45) is 5.92 Å². The highest BCUT2D eigenvalue weighted by Gasteiger charge is 2.32. The Morgan fingerprint density at radius 3 is 2.64 bits per heavy atom. The van der Waals surface area contributed by atoms with E-state index in [-0.39, 0.29) is 6.01 Å². The first-order valence-electron chi connectivity index (χ1n) is 8.58. The maximum atomic E-state index is 9.36. The van der Waals surface area contributed by atoms with Crippen molar-refractivity contribution in [3.8, 4) is 0 Å². The van der Waals surface area contributed by atoms with E-state index < -0.39 is 0 Å². The van der Waals surface area contributed by atoms with Gasteiger partial charge >= 0.3 is 6.01 Å². The second-order valence-corrected chi connectivity index (χ2v) is 6.43. The van der Waals surface area contributed by atoms with E-state index in [2.05, 4.69) is 40.6 Å². The molecule has 1 heterocycles. The Balaban J connectivity index is 0.000000146. The predicted molar refractivity (Wildman–Crippen MR) is 97.5 cm³/mol. The van der Waals surface area contributed by atoms with Crippen molar-refractivity contribution in [2.45, 2.75) is 38.8 Å². The molecule has 4 N–H and O–H groups in total. The van der Waals surface area contributed by atoms with Crippen LogP contribution in [0.3, 0.4) is 0 Å². The lowest BCUT2D eigenvalue weighted by Gasteiger charge is -2.09. The summed E-state index contributed by atoms with van der Waals surface area (Å²) in [5, 5.41) is 19.9. The third-order valence-corrected chi connectivity index (χ3v) is 4.30. The summed E-state index contributed by atoms with van der Waals surface area (Å²) in [5.74, 6) is 1.83. The lowest BCUT2D eigenvalue weighted by Crippen LogP contribution is -2.17. The van der Waals surface area contributed by atoms with Crippen LogP contribution < -0.4 is 11.1 Å². The highest BCUT2D eigenvalue weighted by Crippen LogP contribution is 2.29. The van der Waals surface area contributed by atoms with Crippen LogP contribution in [0.2, 0.25) is 0 Å². The molecule has 2 atom stereocenters. The minimum atomic E-state index is 0.135. The summed E-state index contributed by atoms with van der Waals surface area (Å²) in [5.41, 5.74) is 7.56. The van der Waals surface area contributed by atoms with E-state index in [4.69, 9.17) is 10.2 Å². The number of benzene rings is 1. The fraction of sp³-hybridized carbons (Fsp3) is 0.368. The van der Waals surface area contributed by atoms with E-state index in [1.807, 2.05) is 24.3 Å². The Morgan fingerprint density at radius 1 is 1.28 bits per heavy atom.